The van der Waals surface area contributed by atoms with Gasteiger partial charge in [-0.3, -0.25) is 0 Å². The molecule has 0 fully saturated rings. The molecule has 1 aromatic heterocycles. The summed E-state index contributed by atoms with van der Waals surface area (Å²) in [5, 5.41) is 5.03. The third-order valence-corrected chi connectivity index (χ3v) is 11.3. The minimum Gasteiger partial charge on any atom is -0.436 e. The Morgan fingerprint density at radius 3 is 2.13 bits per heavy atom. The van der Waals surface area contributed by atoms with Gasteiger partial charge in [-0.15, -0.1) is 0 Å². The summed E-state index contributed by atoms with van der Waals surface area (Å²) in [6, 6.07) is 52.9. The molecule has 0 saturated heterocycles. The van der Waals surface area contributed by atoms with Crippen molar-refractivity contribution in [2.75, 3.05) is 4.90 Å². The smallest absolute Gasteiger partial charge is 0.227 e. The Bertz CT molecular complexity index is 3340. The van der Waals surface area contributed by atoms with E-state index in [0.717, 1.165) is 49.6 Å². The van der Waals surface area contributed by atoms with Crippen LogP contribution in [-0.4, -0.2) is 4.98 Å². The third kappa shape index (κ3) is 5.08. The minimum atomic E-state index is -0.265. The second-order valence-electron chi connectivity index (χ2n) is 14.9. The van der Waals surface area contributed by atoms with E-state index in [1.165, 1.54) is 22.3 Å². The fourth-order valence-electron chi connectivity index (χ4n) is 8.43. The van der Waals surface area contributed by atoms with Gasteiger partial charge in [0.25, 0.3) is 0 Å². The Morgan fingerprint density at radius 2 is 1.22 bits per heavy atom. The van der Waals surface area contributed by atoms with Crippen LogP contribution < -0.4 is 4.90 Å². The molecule has 9 aromatic carbocycles. The highest BCUT2D eigenvalue weighted by Crippen LogP contribution is 2.50. The maximum Gasteiger partial charge on any atom is 0.227 e. The molecule has 3 nitrogen and oxygen atoms in total. The van der Waals surface area contributed by atoms with Crippen molar-refractivity contribution in [1.82, 2.24) is 4.98 Å². The van der Waals surface area contributed by atoms with Gasteiger partial charge in [0, 0.05) is 28.0 Å². The van der Waals surface area contributed by atoms with Gasteiger partial charge in [-0.05, 0) is 138 Å². The van der Waals surface area contributed by atoms with E-state index in [1.54, 1.807) is 12.1 Å². The molecule has 0 saturated carbocycles. The maximum atomic E-state index is 9.78. The average Bonchev–Trinajstić information content (AvgIpc) is 3.79. The molecule has 0 aliphatic heterocycles. The molecule has 0 radical (unpaired) electrons. The molecular formula is C52H36N2O. The Labute approximate surface area is 325 Å². The second kappa shape index (κ2) is 12.0. The number of aromatic nitrogens is 1. The summed E-state index contributed by atoms with van der Waals surface area (Å²) < 4.78 is 44.2. The summed E-state index contributed by atoms with van der Waals surface area (Å²) in [7, 11) is 0. The van der Waals surface area contributed by atoms with Crippen LogP contribution in [0.2, 0.25) is 0 Å². The number of hydrogen-bond donors (Lipinski definition) is 0. The van der Waals surface area contributed by atoms with Crippen LogP contribution in [0.1, 0.15) is 30.5 Å². The first-order chi connectivity index (χ1) is 28.7. The van der Waals surface area contributed by atoms with Gasteiger partial charge in [0.2, 0.25) is 5.89 Å². The van der Waals surface area contributed by atoms with E-state index in [2.05, 4.69) is 92.7 Å². The van der Waals surface area contributed by atoms with Crippen molar-refractivity contribution in [3.05, 3.63) is 193 Å². The zero-order valence-electron chi connectivity index (χ0n) is 34.3. The van der Waals surface area contributed by atoms with Gasteiger partial charge in [0.1, 0.15) is 5.52 Å². The lowest BCUT2D eigenvalue weighted by Gasteiger charge is -2.28. The van der Waals surface area contributed by atoms with Crippen molar-refractivity contribution in [3.8, 4) is 33.7 Å². The van der Waals surface area contributed by atoms with Crippen LogP contribution >= 0.6 is 0 Å². The number of fused-ring (bicyclic) bond motifs is 8. The molecule has 1 aliphatic carbocycles. The van der Waals surface area contributed by atoms with Gasteiger partial charge < -0.3 is 9.32 Å². The number of anilines is 3. The van der Waals surface area contributed by atoms with E-state index in [-0.39, 0.29) is 40.4 Å². The number of rotatable bonds is 5. The van der Waals surface area contributed by atoms with E-state index in [4.69, 9.17) is 9.40 Å². The largest absolute Gasteiger partial charge is 0.436 e. The standard InChI is InChI=1S/C52H36N2O/c1-52(2)47-12-6-5-11-45(47)46-28-26-42(32-48(46)52)54(40-23-19-34(20-24-40)51-53-49-13-7-8-14-50(49)55-51)41-25-21-36-29-35(16-17-38(36)31-41)37-22-27-44-39(30-37)18-15-33-9-3-4-10-43(33)44/h3-32H,1-2H3/i17D,21D,29D,31D. The monoisotopic (exact) mass is 708 g/mol. The highest BCUT2D eigenvalue weighted by atomic mass is 16.3. The Morgan fingerprint density at radius 1 is 0.509 bits per heavy atom. The quantitative estimate of drug-likeness (QED) is 0.167. The molecule has 1 heterocycles. The molecule has 1 aliphatic rings. The van der Waals surface area contributed by atoms with E-state index in [9.17, 15) is 5.48 Å². The highest BCUT2D eigenvalue weighted by molar-refractivity contribution is 6.08. The van der Waals surface area contributed by atoms with Crippen LogP contribution in [-0.2, 0) is 5.41 Å². The zero-order valence-corrected chi connectivity index (χ0v) is 30.3. The molecular weight excluding hydrogens is 669 g/mol. The number of hydrogen-bond acceptors (Lipinski definition) is 3. The van der Waals surface area contributed by atoms with Gasteiger partial charge in [-0.1, -0.05) is 123 Å². The number of oxazole rings is 1. The van der Waals surface area contributed by atoms with Crippen molar-refractivity contribution in [2.45, 2.75) is 19.3 Å². The predicted molar refractivity (Wildman–Crippen MR) is 230 cm³/mol. The Hall–Kier alpha value is -6.97. The van der Waals surface area contributed by atoms with Crippen LogP contribution in [0.25, 0.3) is 77.1 Å². The summed E-state index contributed by atoms with van der Waals surface area (Å²) in [6.07, 6.45) is 0. The van der Waals surface area contributed by atoms with Crippen LogP contribution in [0.15, 0.2) is 186 Å². The fourth-order valence-corrected chi connectivity index (χ4v) is 8.43. The predicted octanol–water partition coefficient (Wildman–Crippen LogP) is 14.4. The normalized spacial score (nSPS) is 14.1. The van der Waals surface area contributed by atoms with Gasteiger partial charge in [0.15, 0.2) is 5.58 Å². The van der Waals surface area contributed by atoms with Crippen LogP contribution in [0.5, 0.6) is 0 Å². The number of benzene rings is 9. The Kier molecular flexibility index (Phi) is 6.04. The van der Waals surface area contributed by atoms with E-state index in [0.29, 0.717) is 22.7 Å². The molecule has 0 spiro atoms. The summed E-state index contributed by atoms with van der Waals surface area (Å²) >= 11 is 0. The lowest BCUT2D eigenvalue weighted by atomic mass is 9.82. The summed E-state index contributed by atoms with van der Waals surface area (Å²) in [5.74, 6) is 0.513. The molecule has 55 heavy (non-hydrogen) atoms. The molecule has 0 bridgehead atoms. The Balaban J connectivity index is 1.08. The summed E-state index contributed by atoms with van der Waals surface area (Å²) in [4.78, 5) is 6.71. The lowest BCUT2D eigenvalue weighted by Crippen LogP contribution is -2.16. The zero-order chi connectivity index (χ0) is 40.2. The van der Waals surface area contributed by atoms with E-state index < -0.39 is 0 Å². The van der Waals surface area contributed by atoms with Gasteiger partial charge in [-0.2, -0.15) is 0 Å². The van der Waals surface area contributed by atoms with Crippen LogP contribution in [0.3, 0.4) is 0 Å². The van der Waals surface area contributed by atoms with Crippen molar-refractivity contribution in [1.29, 1.82) is 0 Å². The van der Waals surface area contributed by atoms with Crippen LogP contribution in [0, 0.1) is 0 Å². The topological polar surface area (TPSA) is 29.3 Å². The number of nitrogens with zero attached hydrogens (tertiary/aromatic N) is 2. The van der Waals surface area contributed by atoms with E-state index in [1.807, 2.05) is 71.6 Å². The first kappa shape index (κ1) is 27.6. The lowest BCUT2D eigenvalue weighted by molar-refractivity contribution is 0.620. The molecule has 0 unspecified atom stereocenters. The minimum absolute atomic E-state index is 0.0807. The molecule has 3 heteroatoms. The molecule has 0 atom stereocenters. The average molecular weight is 709 g/mol. The van der Waals surface area contributed by atoms with Gasteiger partial charge >= 0.3 is 0 Å². The van der Waals surface area contributed by atoms with Crippen molar-refractivity contribution < 1.29 is 9.90 Å². The summed E-state index contributed by atoms with van der Waals surface area (Å²) in [6.45, 7) is 4.48. The first-order valence-corrected chi connectivity index (χ1v) is 18.6. The van der Waals surface area contributed by atoms with Crippen molar-refractivity contribution in [2.24, 2.45) is 0 Å². The third-order valence-electron chi connectivity index (χ3n) is 11.3. The van der Waals surface area contributed by atoms with E-state index >= 15 is 0 Å². The van der Waals surface area contributed by atoms with Gasteiger partial charge in [0.05, 0.1) is 5.48 Å². The highest BCUT2D eigenvalue weighted by Gasteiger charge is 2.35. The molecule has 260 valence electrons. The molecule has 0 N–H and O–H groups in total. The van der Waals surface area contributed by atoms with Crippen LogP contribution in [0.4, 0.5) is 17.1 Å². The molecule has 11 rings (SSSR count). The van der Waals surface area contributed by atoms with Crippen molar-refractivity contribution in [3.63, 3.8) is 0 Å². The second-order valence-corrected chi connectivity index (χ2v) is 14.9. The molecule has 10 aromatic rings. The van der Waals surface area contributed by atoms with Crippen molar-refractivity contribution >= 4 is 60.5 Å². The fraction of sp³-hybridized carbons (Fsp3) is 0.0577. The molecule has 0 amide bonds. The maximum absolute atomic E-state index is 9.78. The van der Waals surface area contributed by atoms with Gasteiger partial charge in [-0.25, -0.2) is 4.98 Å². The summed E-state index contributed by atoms with van der Waals surface area (Å²) in [5.41, 5.74) is 10.3. The first-order valence-electron chi connectivity index (χ1n) is 20.6. The number of para-hydroxylation sites is 2. The SMILES string of the molecule is [2H]c1cc(N(c2ccc(-c3nc4ccccc4o3)cc2)c2ccc3c(c2)C(C)(C)c2ccccc2-3)c([2H])c2c([2H])cc(-c3ccc4c(ccc5ccccc54)c3)c([2H])c12.